The van der Waals surface area contributed by atoms with E-state index < -0.39 is 0 Å². The molecular formula is C15H12BrCl2NOS. The molecule has 0 saturated carbocycles. The quantitative estimate of drug-likeness (QED) is 0.645. The summed E-state index contributed by atoms with van der Waals surface area (Å²) in [6.07, 6.45) is 0. The van der Waals surface area contributed by atoms with Gasteiger partial charge in [-0.05, 0) is 49.4 Å². The van der Waals surface area contributed by atoms with E-state index in [1.54, 1.807) is 18.2 Å². The van der Waals surface area contributed by atoms with E-state index in [9.17, 15) is 4.79 Å². The fourth-order valence-corrected chi connectivity index (χ4v) is 3.26. The van der Waals surface area contributed by atoms with Gasteiger partial charge in [0.2, 0.25) is 5.91 Å². The summed E-state index contributed by atoms with van der Waals surface area (Å²) >= 11 is 16.8. The summed E-state index contributed by atoms with van der Waals surface area (Å²) in [5, 5.41) is 3.77. The molecule has 2 aromatic carbocycles. The van der Waals surface area contributed by atoms with Crippen molar-refractivity contribution in [1.82, 2.24) is 0 Å². The Labute approximate surface area is 146 Å². The van der Waals surface area contributed by atoms with Crippen LogP contribution in [0.15, 0.2) is 51.8 Å². The summed E-state index contributed by atoms with van der Waals surface area (Å²) in [6, 6.07) is 12.6. The van der Waals surface area contributed by atoms with Crippen LogP contribution in [0.2, 0.25) is 10.0 Å². The molecule has 2 aromatic rings. The van der Waals surface area contributed by atoms with Crippen LogP contribution in [-0.2, 0) is 4.79 Å². The molecule has 0 aliphatic heterocycles. The zero-order valence-electron chi connectivity index (χ0n) is 11.1. The molecule has 2 rings (SSSR count). The van der Waals surface area contributed by atoms with Crippen molar-refractivity contribution >= 4 is 62.5 Å². The number of anilines is 1. The van der Waals surface area contributed by atoms with E-state index in [1.165, 1.54) is 11.8 Å². The Hall–Kier alpha value is -0.680. The van der Waals surface area contributed by atoms with Crippen LogP contribution < -0.4 is 5.32 Å². The van der Waals surface area contributed by atoms with Crippen LogP contribution in [0.5, 0.6) is 0 Å². The van der Waals surface area contributed by atoms with Crippen LogP contribution >= 0.6 is 50.9 Å². The minimum Gasteiger partial charge on any atom is -0.325 e. The Balaban J connectivity index is 2.02. The smallest absolute Gasteiger partial charge is 0.237 e. The number of nitrogens with one attached hydrogen (secondary N) is 1. The predicted octanol–water partition coefficient (Wildman–Crippen LogP) is 5.88. The van der Waals surface area contributed by atoms with Crippen molar-refractivity contribution < 1.29 is 4.79 Å². The molecule has 2 nitrogen and oxygen atoms in total. The number of hydrogen-bond donors (Lipinski definition) is 1. The largest absolute Gasteiger partial charge is 0.325 e. The fourth-order valence-electron chi connectivity index (χ4n) is 1.59. The Morgan fingerprint density at radius 3 is 2.52 bits per heavy atom. The van der Waals surface area contributed by atoms with Crippen LogP contribution in [0.1, 0.15) is 6.92 Å². The molecule has 0 saturated heterocycles. The van der Waals surface area contributed by atoms with Gasteiger partial charge in [-0.1, -0.05) is 39.1 Å². The highest BCUT2D eigenvalue weighted by atomic mass is 79.9. The van der Waals surface area contributed by atoms with Crippen LogP contribution in [0.4, 0.5) is 5.69 Å². The number of benzene rings is 2. The third kappa shape index (κ3) is 4.92. The molecule has 0 aliphatic carbocycles. The zero-order valence-corrected chi connectivity index (χ0v) is 15.0. The van der Waals surface area contributed by atoms with E-state index in [4.69, 9.17) is 23.2 Å². The molecule has 0 fully saturated rings. The monoisotopic (exact) mass is 403 g/mol. The van der Waals surface area contributed by atoms with E-state index in [0.717, 1.165) is 15.1 Å². The third-order valence-electron chi connectivity index (χ3n) is 2.68. The molecule has 21 heavy (non-hydrogen) atoms. The molecule has 1 N–H and O–H groups in total. The lowest BCUT2D eigenvalue weighted by molar-refractivity contribution is -0.115. The number of halogens is 3. The first-order valence-electron chi connectivity index (χ1n) is 6.14. The lowest BCUT2D eigenvalue weighted by atomic mass is 10.3. The van der Waals surface area contributed by atoms with Crippen molar-refractivity contribution in [1.29, 1.82) is 0 Å². The van der Waals surface area contributed by atoms with Gasteiger partial charge in [0.15, 0.2) is 0 Å². The minimum absolute atomic E-state index is 0.0848. The Morgan fingerprint density at radius 2 is 1.86 bits per heavy atom. The fraction of sp³-hybridized carbons (Fsp3) is 0.133. The molecule has 1 amide bonds. The van der Waals surface area contributed by atoms with Crippen molar-refractivity contribution in [3.63, 3.8) is 0 Å². The molecule has 0 radical (unpaired) electrons. The normalized spacial score (nSPS) is 12.0. The zero-order chi connectivity index (χ0) is 15.4. The Kier molecular flexibility index (Phi) is 5.99. The summed E-state index contributed by atoms with van der Waals surface area (Å²) in [4.78, 5) is 13.0. The van der Waals surface area contributed by atoms with Gasteiger partial charge in [0.1, 0.15) is 0 Å². The lowest BCUT2D eigenvalue weighted by Gasteiger charge is -2.13. The highest BCUT2D eigenvalue weighted by Gasteiger charge is 2.16. The molecular weight excluding hydrogens is 393 g/mol. The first-order valence-corrected chi connectivity index (χ1v) is 8.56. The van der Waals surface area contributed by atoms with Gasteiger partial charge in [-0.2, -0.15) is 0 Å². The first kappa shape index (κ1) is 16.7. The molecule has 0 heterocycles. The molecule has 0 spiro atoms. The number of rotatable bonds is 4. The number of carbonyl (C=O) groups is 1. The van der Waals surface area contributed by atoms with Gasteiger partial charge in [-0.15, -0.1) is 11.8 Å². The minimum atomic E-state index is -0.287. The van der Waals surface area contributed by atoms with E-state index in [-0.39, 0.29) is 11.2 Å². The molecule has 1 atom stereocenters. The van der Waals surface area contributed by atoms with E-state index in [1.807, 2.05) is 31.2 Å². The number of carbonyl (C=O) groups excluding carboxylic acids is 1. The van der Waals surface area contributed by atoms with Crippen molar-refractivity contribution in [3.05, 3.63) is 57.0 Å². The number of amides is 1. The maximum absolute atomic E-state index is 12.2. The Morgan fingerprint density at radius 1 is 1.19 bits per heavy atom. The molecule has 110 valence electrons. The molecule has 6 heteroatoms. The van der Waals surface area contributed by atoms with Crippen molar-refractivity contribution in [3.8, 4) is 0 Å². The highest BCUT2D eigenvalue weighted by molar-refractivity contribution is 9.10. The van der Waals surface area contributed by atoms with Crippen LogP contribution in [0.3, 0.4) is 0 Å². The van der Waals surface area contributed by atoms with Crippen LogP contribution in [-0.4, -0.2) is 11.2 Å². The standard InChI is InChI=1S/C15H12BrCl2NOS/c1-9(21-14-8-11(17)4-7-13(14)18)15(20)19-12-5-2-10(16)3-6-12/h2-9H,1H3,(H,19,20)/t9-/m0/s1. The molecule has 0 aliphatic rings. The maximum Gasteiger partial charge on any atom is 0.237 e. The van der Waals surface area contributed by atoms with Crippen molar-refractivity contribution in [2.45, 2.75) is 17.1 Å². The third-order valence-corrected chi connectivity index (χ3v) is 5.04. The Bertz CT molecular complexity index is 649. The van der Waals surface area contributed by atoms with Gasteiger partial charge in [0.05, 0.1) is 10.3 Å². The second-order valence-electron chi connectivity index (χ2n) is 4.33. The number of hydrogen-bond acceptors (Lipinski definition) is 2. The SMILES string of the molecule is C[C@H](Sc1cc(Cl)ccc1Cl)C(=O)Nc1ccc(Br)cc1. The highest BCUT2D eigenvalue weighted by Crippen LogP contribution is 2.33. The maximum atomic E-state index is 12.2. The van der Waals surface area contributed by atoms with E-state index in [2.05, 4.69) is 21.2 Å². The van der Waals surface area contributed by atoms with E-state index in [0.29, 0.717) is 10.0 Å². The molecule has 0 aromatic heterocycles. The van der Waals surface area contributed by atoms with Gasteiger partial charge in [0.25, 0.3) is 0 Å². The van der Waals surface area contributed by atoms with Crippen LogP contribution in [0, 0.1) is 0 Å². The summed E-state index contributed by atoms with van der Waals surface area (Å²) in [6.45, 7) is 1.83. The summed E-state index contributed by atoms with van der Waals surface area (Å²) < 4.78 is 0.966. The van der Waals surface area contributed by atoms with Gasteiger partial charge >= 0.3 is 0 Å². The van der Waals surface area contributed by atoms with E-state index >= 15 is 0 Å². The van der Waals surface area contributed by atoms with Gasteiger partial charge in [-0.25, -0.2) is 0 Å². The molecule has 0 bridgehead atoms. The number of thioether (sulfide) groups is 1. The van der Waals surface area contributed by atoms with Gasteiger partial charge in [0, 0.05) is 20.1 Å². The lowest BCUT2D eigenvalue weighted by Crippen LogP contribution is -2.22. The first-order chi connectivity index (χ1) is 9.95. The van der Waals surface area contributed by atoms with Crippen molar-refractivity contribution in [2.75, 3.05) is 5.32 Å². The van der Waals surface area contributed by atoms with Gasteiger partial charge < -0.3 is 5.32 Å². The summed E-state index contributed by atoms with van der Waals surface area (Å²) in [5.41, 5.74) is 0.757. The predicted molar refractivity (Wildman–Crippen MR) is 94.6 cm³/mol. The second kappa shape index (κ2) is 7.54. The average molecular weight is 405 g/mol. The van der Waals surface area contributed by atoms with Crippen LogP contribution in [0.25, 0.3) is 0 Å². The summed E-state index contributed by atoms with van der Waals surface area (Å²) in [5.74, 6) is -0.0848. The average Bonchev–Trinajstić information content (AvgIpc) is 2.45. The molecule has 0 unspecified atom stereocenters. The van der Waals surface area contributed by atoms with Gasteiger partial charge in [-0.3, -0.25) is 4.79 Å². The second-order valence-corrected chi connectivity index (χ2v) is 7.47. The summed E-state index contributed by atoms with van der Waals surface area (Å²) in [7, 11) is 0. The topological polar surface area (TPSA) is 29.1 Å². The van der Waals surface area contributed by atoms with Crippen molar-refractivity contribution in [2.24, 2.45) is 0 Å².